The number of benzene rings is 3. The molecule has 4 aromatic rings. The predicted octanol–water partition coefficient (Wildman–Crippen LogP) is 5.31. The van der Waals surface area contributed by atoms with Crippen LogP contribution in [0.25, 0.3) is 21.8 Å². The number of carbonyl (C=O) groups excluding carboxylic acids is 1. The van der Waals surface area contributed by atoms with Crippen molar-refractivity contribution in [2.24, 2.45) is 0 Å². The molecule has 1 heterocycles. The number of amides is 1. The van der Waals surface area contributed by atoms with Gasteiger partial charge in [-0.1, -0.05) is 23.8 Å². The molecule has 0 saturated heterocycles. The van der Waals surface area contributed by atoms with E-state index in [4.69, 9.17) is 19.2 Å². The number of anilines is 2. The van der Waals surface area contributed by atoms with Gasteiger partial charge in [-0.3, -0.25) is 0 Å². The Kier molecular flexibility index (Phi) is 5.98. The van der Waals surface area contributed by atoms with Gasteiger partial charge in [0.2, 0.25) is 0 Å². The highest BCUT2D eigenvalue weighted by atomic mass is 16.5. The van der Waals surface area contributed by atoms with Crippen LogP contribution in [0.15, 0.2) is 54.6 Å². The highest BCUT2D eigenvalue weighted by Gasteiger charge is 2.14. The van der Waals surface area contributed by atoms with Gasteiger partial charge in [-0.25, -0.2) is 9.78 Å². The molecule has 1 amide bonds. The van der Waals surface area contributed by atoms with Crippen LogP contribution in [0.4, 0.5) is 16.2 Å². The van der Waals surface area contributed by atoms with Gasteiger partial charge in [-0.05, 0) is 42.8 Å². The van der Waals surface area contributed by atoms with Gasteiger partial charge in [0.25, 0.3) is 0 Å². The van der Waals surface area contributed by atoms with Crippen LogP contribution in [-0.4, -0.2) is 32.3 Å². The molecule has 0 aliphatic rings. The van der Waals surface area contributed by atoms with E-state index >= 15 is 0 Å². The number of pyridine rings is 1. The summed E-state index contributed by atoms with van der Waals surface area (Å²) >= 11 is 0. The third-order valence-electron chi connectivity index (χ3n) is 5.23. The first-order chi connectivity index (χ1) is 15.5. The second-order valence-electron chi connectivity index (χ2n) is 7.38. The van der Waals surface area contributed by atoms with Crippen molar-refractivity contribution in [1.82, 2.24) is 10.3 Å². The van der Waals surface area contributed by atoms with Gasteiger partial charge in [-0.15, -0.1) is 0 Å². The molecule has 0 saturated carbocycles. The molecule has 0 spiro atoms. The van der Waals surface area contributed by atoms with E-state index in [1.165, 1.54) is 7.05 Å². The number of hydrogen-bond donors (Lipinski definition) is 2. The van der Waals surface area contributed by atoms with E-state index in [9.17, 15) is 4.79 Å². The van der Waals surface area contributed by atoms with Crippen LogP contribution in [0.2, 0.25) is 0 Å². The van der Waals surface area contributed by atoms with Crippen molar-refractivity contribution in [3.8, 4) is 11.5 Å². The van der Waals surface area contributed by atoms with E-state index in [1.54, 1.807) is 14.2 Å². The zero-order valence-electron chi connectivity index (χ0n) is 18.5. The monoisotopic (exact) mass is 431 g/mol. The molecule has 164 valence electrons. The second-order valence-corrected chi connectivity index (χ2v) is 7.38. The Bertz CT molecular complexity index is 1290. The molecule has 2 N–H and O–H groups in total. The minimum Gasteiger partial charge on any atom is -0.493 e. The Balaban J connectivity index is 1.78. The van der Waals surface area contributed by atoms with Gasteiger partial charge in [0.05, 0.1) is 30.9 Å². The molecular formula is C25H25N3O4. The number of aromatic nitrogens is 1. The van der Waals surface area contributed by atoms with E-state index in [1.807, 2.05) is 48.5 Å². The third-order valence-corrected chi connectivity index (χ3v) is 5.23. The first-order valence-corrected chi connectivity index (χ1v) is 10.2. The van der Waals surface area contributed by atoms with E-state index < -0.39 is 6.09 Å². The summed E-state index contributed by atoms with van der Waals surface area (Å²) in [6.07, 6.45) is -0.457. The quantitative estimate of drug-likeness (QED) is 0.403. The normalized spacial score (nSPS) is 10.8. The standard InChI is InChI=1S/C25H25N3O4/c1-15-5-10-20-18(11-15)24(19-12-22(30-3)23(31-4)13-21(19)28-20)27-17-8-6-16(7-9-17)14-32-25(29)26-2/h5-13H,14H2,1-4H3,(H,26,29)(H,27,28). The lowest BCUT2D eigenvalue weighted by Gasteiger charge is -2.16. The lowest BCUT2D eigenvalue weighted by Crippen LogP contribution is -2.18. The summed E-state index contributed by atoms with van der Waals surface area (Å²) in [7, 11) is 4.77. The van der Waals surface area contributed by atoms with E-state index in [0.717, 1.165) is 44.3 Å². The van der Waals surface area contributed by atoms with E-state index in [0.29, 0.717) is 11.5 Å². The van der Waals surface area contributed by atoms with Crippen LogP contribution < -0.4 is 20.1 Å². The molecule has 0 aliphatic heterocycles. The highest BCUT2D eigenvalue weighted by Crippen LogP contribution is 2.39. The van der Waals surface area contributed by atoms with Gasteiger partial charge in [0.1, 0.15) is 6.61 Å². The van der Waals surface area contributed by atoms with Crippen molar-refractivity contribution in [2.75, 3.05) is 26.6 Å². The molecule has 0 bridgehead atoms. The van der Waals surface area contributed by atoms with Gasteiger partial charge in [-0.2, -0.15) is 0 Å². The number of fused-ring (bicyclic) bond motifs is 2. The number of aryl methyl sites for hydroxylation is 1. The molecule has 32 heavy (non-hydrogen) atoms. The largest absolute Gasteiger partial charge is 0.493 e. The minimum absolute atomic E-state index is 0.206. The Morgan fingerprint density at radius 1 is 0.906 bits per heavy atom. The van der Waals surface area contributed by atoms with Crippen molar-refractivity contribution in [3.63, 3.8) is 0 Å². The summed E-state index contributed by atoms with van der Waals surface area (Å²) in [5, 5.41) is 7.92. The number of methoxy groups -OCH3 is 2. The Morgan fingerprint density at radius 3 is 2.28 bits per heavy atom. The molecule has 3 aromatic carbocycles. The van der Waals surface area contributed by atoms with Crippen LogP contribution in [0.1, 0.15) is 11.1 Å². The van der Waals surface area contributed by atoms with Crippen LogP contribution in [0.3, 0.4) is 0 Å². The Morgan fingerprint density at radius 2 is 1.59 bits per heavy atom. The van der Waals surface area contributed by atoms with Gasteiger partial charge in [0.15, 0.2) is 11.5 Å². The molecule has 0 radical (unpaired) electrons. The molecular weight excluding hydrogens is 406 g/mol. The van der Waals surface area contributed by atoms with Crippen LogP contribution in [-0.2, 0) is 11.3 Å². The van der Waals surface area contributed by atoms with Crippen LogP contribution in [0, 0.1) is 6.92 Å². The maximum absolute atomic E-state index is 11.3. The lowest BCUT2D eigenvalue weighted by atomic mass is 10.0. The highest BCUT2D eigenvalue weighted by molar-refractivity contribution is 6.09. The summed E-state index contributed by atoms with van der Waals surface area (Å²) < 4.78 is 16.1. The number of nitrogens with zero attached hydrogens (tertiary/aromatic N) is 1. The zero-order valence-corrected chi connectivity index (χ0v) is 18.5. The lowest BCUT2D eigenvalue weighted by molar-refractivity contribution is 0.142. The third kappa shape index (κ3) is 4.23. The minimum atomic E-state index is -0.457. The van der Waals surface area contributed by atoms with E-state index in [-0.39, 0.29) is 6.61 Å². The molecule has 7 heteroatoms. The van der Waals surface area contributed by atoms with Crippen molar-refractivity contribution in [1.29, 1.82) is 0 Å². The smallest absolute Gasteiger partial charge is 0.407 e. The average Bonchev–Trinajstić information content (AvgIpc) is 2.82. The van der Waals surface area contributed by atoms with Crippen molar-refractivity contribution < 1.29 is 19.0 Å². The molecule has 0 fully saturated rings. The molecule has 4 rings (SSSR count). The molecule has 0 atom stereocenters. The summed E-state index contributed by atoms with van der Waals surface area (Å²) in [6.45, 7) is 2.26. The summed E-state index contributed by atoms with van der Waals surface area (Å²) in [6, 6.07) is 17.8. The van der Waals surface area contributed by atoms with Crippen molar-refractivity contribution in [2.45, 2.75) is 13.5 Å². The molecule has 0 aliphatic carbocycles. The molecule has 1 aromatic heterocycles. The van der Waals surface area contributed by atoms with Crippen LogP contribution >= 0.6 is 0 Å². The van der Waals surface area contributed by atoms with Crippen molar-refractivity contribution >= 4 is 39.3 Å². The fraction of sp³-hybridized carbons (Fsp3) is 0.200. The average molecular weight is 431 g/mol. The Hall–Kier alpha value is -4.00. The second kappa shape index (κ2) is 9.01. The number of rotatable bonds is 6. The summed E-state index contributed by atoms with van der Waals surface area (Å²) in [5.74, 6) is 1.27. The number of nitrogens with one attached hydrogen (secondary N) is 2. The maximum atomic E-state index is 11.3. The van der Waals surface area contributed by atoms with Gasteiger partial charge in [0, 0.05) is 29.6 Å². The van der Waals surface area contributed by atoms with Gasteiger partial charge >= 0.3 is 6.09 Å². The maximum Gasteiger partial charge on any atom is 0.407 e. The number of carbonyl (C=O) groups is 1. The molecule has 7 nitrogen and oxygen atoms in total. The van der Waals surface area contributed by atoms with E-state index in [2.05, 4.69) is 23.6 Å². The van der Waals surface area contributed by atoms with Crippen molar-refractivity contribution in [3.05, 3.63) is 65.7 Å². The topological polar surface area (TPSA) is 81.7 Å². The zero-order chi connectivity index (χ0) is 22.7. The number of hydrogen-bond acceptors (Lipinski definition) is 6. The van der Waals surface area contributed by atoms with Gasteiger partial charge < -0.3 is 24.8 Å². The fourth-order valence-electron chi connectivity index (χ4n) is 3.57. The Labute approximate surface area is 186 Å². The first kappa shape index (κ1) is 21.2. The summed E-state index contributed by atoms with van der Waals surface area (Å²) in [4.78, 5) is 16.1. The molecule has 0 unspecified atom stereocenters. The first-order valence-electron chi connectivity index (χ1n) is 10.2. The number of ether oxygens (including phenoxy) is 3. The predicted molar refractivity (Wildman–Crippen MR) is 126 cm³/mol. The number of alkyl carbamates (subject to hydrolysis) is 1. The SMILES string of the molecule is CNC(=O)OCc1ccc(Nc2c3cc(C)ccc3nc3cc(OC)c(OC)cc23)cc1. The fourth-order valence-corrected chi connectivity index (χ4v) is 3.57. The van der Waals surface area contributed by atoms with Crippen LogP contribution in [0.5, 0.6) is 11.5 Å². The summed E-state index contributed by atoms with van der Waals surface area (Å²) in [5.41, 5.74) is 5.56.